The van der Waals surface area contributed by atoms with Crippen LogP contribution < -0.4 is 10.6 Å². The van der Waals surface area contributed by atoms with Crippen LogP contribution in [0.3, 0.4) is 0 Å². The first-order valence-electron chi connectivity index (χ1n) is 7.09. The van der Waals surface area contributed by atoms with E-state index in [1.807, 2.05) is 19.9 Å². The number of carbonyl (C=O) groups is 1. The second-order valence-corrected chi connectivity index (χ2v) is 5.24. The molecule has 0 aliphatic carbocycles. The van der Waals surface area contributed by atoms with E-state index in [2.05, 4.69) is 20.6 Å². The molecule has 6 heteroatoms. The molecule has 0 saturated carbocycles. The van der Waals surface area contributed by atoms with E-state index >= 15 is 0 Å². The van der Waals surface area contributed by atoms with Crippen molar-refractivity contribution in [3.63, 3.8) is 0 Å². The molecule has 0 saturated heterocycles. The van der Waals surface area contributed by atoms with E-state index in [9.17, 15) is 4.79 Å². The van der Waals surface area contributed by atoms with Gasteiger partial charge in [-0.1, -0.05) is 0 Å². The number of hydrogen-bond acceptors (Lipinski definition) is 5. The summed E-state index contributed by atoms with van der Waals surface area (Å²) in [6.07, 6.45) is -0.563. The Balaban J connectivity index is 2.04. The number of carbonyl (C=O) groups excluding carboxylic acids is 1. The van der Waals surface area contributed by atoms with Gasteiger partial charge >= 0.3 is 0 Å². The fraction of sp³-hybridized carbons (Fsp3) is 0.312. The first-order chi connectivity index (χ1) is 10.4. The lowest BCUT2D eigenvalue weighted by atomic mass is 10.2. The predicted octanol–water partition coefficient (Wildman–Crippen LogP) is 1.95. The number of aromatic nitrogens is 2. The van der Waals surface area contributed by atoms with Crippen LogP contribution in [0.4, 0.5) is 11.6 Å². The van der Waals surface area contributed by atoms with Gasteiger partial charge in [-0.3, -0.25) is 4.79 Å². The third kappa shape index (κ3) is 4.53. The molecule has 1 aromatic heterocycles. The highest BCUT2D eigenvalue weighted by atomic mass is 16.3. The zero-order valence-electron chi connectivity index (χ0n) is 12.9. The van der Waals surface area contributed by atoms with Crippen molar-refractivity contribution in [2.75, 3.05) is 11.9 Å². The van der Waals surface area contributed by atoms with Crippen LogP contribution in [0.2, 0.25) is 0 Å². The molecule has 1 atom stereocenters. The van der Waals surface area contributed by atoms with Gasteiger partial charge in [0.15, 0.2) is 0 Å². The molecule has 1 amide bonds. The molecule has 116 valence electrons. The molecule has 1 heterocycles. The van der Waals surface area contributed by atoms with Crippen molar-refractivity contribution in [2.45, 2.75) is 26.9 Å². The molecule has 0 spiro atoms. The molecule has 2 aromatic rings. The molecular weight excluding hydrogens is 280 g/mol. The van der Waals surface area contributed by atoms with Crippen LogP contribution in [0.5, 0.6) is 0 Å². The molecule has 1 aromatic carbocycles. The second-order valence-electron chi connectivity index (χ2n) is 5.24. The number of benzene rings is 1. The highest BCUT2D eigenvalue weighted by Gasteiger charge is 2.07. The van der Waals surface area contributed by atoms with Crippen molar-refractivity contribution >= 4 is 17.5 Å². The summed E-state index contributed by atoms with van der Waals surface area (Å²) in [7, 11) is 0. The summed E-state index contributed by atoms with van der Waals surface area (Å²) in [5.74, 6) is 0.318. The van der Waals surface area contributed by atoms with Crippen molar-refractivity contribution in [3.8, 4) is 0 Å². The number of nitrogens with one attached hydrogen (secondary N) is 2. The van der Waals surface area contributed by atoms with Crippen LogP contribution in [0, 0.1) is 13.8 Å². The van der Waals surface area contributed by atoms with E-state index in [4.69, 9.17) is 5.11 Å². The van der Waals surface area contributed by atoms with Gasteiger partial charge in [-0.15, -0.1) is 0 Å². The molecule has 0 aliphatic heterocycles. The van der Waals surface area contributed by atoms with Crippen molar-refractivity contribution in [1.82, 2.24) is 15.3 Å². The summed E-state index contributed by atoms with van der Waals surface area (Å²) in [5, 5.41) is 14.9. The number of aliphatic hydroxyl groups excluding tert-OH is 1. The summed E-state index contributed by atoms with van der Waals surface area (Å²) in [4.78, 5) is 20.5. The van der Waals surface area contributed by atoms with E-state index in [1.54, 1.807) is 31.2 Å². The Morgan fingerprint density at radius 2 is 1.77 bits per heavy atom. The van der Waals surface area contributed by atoms with Crippen molar-refractivity contribution in [1.29, 1.82) is 0 Å². The standard InChI is InChI=1S/C16H20N4O2/c1-10-8-11(2)19-16(18-10)20-14-6-4-13(5-7-14)15(22)17-9-12(3)21/h4-8,12,21H,9H2,1-3H3,(H,17,22)(H,18,19,20). The van der Waals surface area contributed by atoms with Crippen molar-refractivity contribution in [3.05, 3.63) is 47.3 Å². The minimum Gasteiger partial charge on any atom is -0.392 e. The zero-order chi connectivity index (χ0) is 16.1. The Kier molecular flexibility index (Phi) is 5.06. The molecule has 0 aliphatic rings. The van der Waals surface area contributed by atoms with Gasteiger partial charge in [0.2, 0.25) is 5.95 Å². The van der Waals surface area contributed by atoms with Gasteiger partial charge in [0.25, 0.3) is 5.91 Å². The van der Waals surface area contributed by atoms with Crippen LogP contribution in [-0.4, -0.2) is 33.6 Å². The van der Waals surface area contributed by atoms with Crippen LogP contribution in [0.15, 0.2) is 30.3 Å². The fourth-order valence-corrected chi connectivity index (χ4v) is 1.96. The molecule has 0 bridgehead atoms. The number of aryl methyl sites for hydroxylation is 2. The van der Waals surface area contributed by atoms with E-state index in [-0.39, 0.29) is 12.5 Å². The van der Waals surface area contributed by atoms with Crippen LogP contribution in [-0.2, 0) is 0 Å². The number of amides is 1. The third-order valence-corrected chi connectivity index (χ3v) is 2.94. The van der Waals surface area contributed by atoms with Crippen molar-refractivity contribution < 1.29 is 9.90 Å². The Morgan fingerprint density at radius 1 is 1.18 bits per heavy atom. The lowest BCUT2D eigenvalue weighted by Crippen LogP contribution is -2.30. The first-order valence-corrected chi connectivity index (χ1v) is 7.09. The number of nitrogens with zero attached hydrogens (tertiary/aromatic N) is 2. The fourth-order valence-electron chi connectivity index (χ4n) is 1.96. The largest absolute Gasteiger partial charge is 0.392 e. The van der Waals surface area contributed by atoms with Crippen LogP contribution in [0.1, 0.15) is 28.7 Å². The summed E-state index contributed by atoms with van der Waals surface area (Å²) < 4.78 is 0. The smallest absolute Gasteiger partial charge is 0.251 e. The first kappa shape index (κ1) is 15.9. The average molecular weight is 300 g/mol. The molecule has 3 N–H and O–H groups in total. The summed E-state index contributed by atoms with van der Waals surface area (Å²) in [6, 6.07) is 8.90. The molecule has 0 radical (unpaired) electrons. The number of rotatable bonds is 5. The number of aliphatic hydroxyl groups is 1. The molecule has 2 rings (SSSR count). The van der Waals surface area contributed by atoms with E-state index in [0.717, 1.165) is 17.1 Å². The van der Waals surface area contributed by atoms with Gasteiger partial charge in [-0.05, 0) is 51.1 Å². The summed E-state index contributed by atoms with van der Waals surface area (Å²) in [6.45, 7) is 5.68. The Morgan fingerprint density at radius 3 is 2.32 bits per heavy atom. The molecule has 0 fully saturated rings. The Bertz CT molecular complexity index is 633. The maximum Gasteiger partial charge on any atom is 0.251 e. The Hall–Kier alpha value is -2.47. The van der Waals surface area contributed by atoms with Crippen molar-refractivity contribution in [2.24, 2.45) is 0 Å². The molecule has 6 nitrogen and oxygen atoms in total. The third-order valence-electron chi connectivity index (χ3n) is 2.94. The average Bonchev–Trinajstić information content (AvgIpc) is 2.44. The van der Waals surface area contributed by atoms with E-state index in [1.165, 1.54) is 0 Å². The van der Waals surface area contributed by atoms with E-state index < -0.39 is 6.10 Å². The van der Waals surface area contributed by atoms with Gasteiger partial charge in [0.05, 0.1) is 6.10 Å². The lowest BCUT2D eigenvalue weighted by molar-refractivity contribution is 0.0924. The quantitative estimate of drug-likeness (QED) is 0.785. The predicted molar refractivity (Wildman–Crippen MR) is 85.2 cm³/mol. The zero-order valence-corrected chi connectivity index (χ0v) is 12.9. The monoisotopic (exact) mass is 300 g/mol. The SMILES string of the molecule is Cc1cc(C)nc(Nc2ccc(C(=O)NCC(C)O)cc2)n1. The summed E-state index contributed by atoms with van der Waals surface area (Å²) in [5.41, 5.74) is 3.12. The lowest BCUT2D eigenvalue weighted by Gasteiger charge is -2.09. The highest BCUT2D eigenvalue weighted by Crippen LogP contribution is 2.14. The van der Waals surface area contributed by atoms with Gasteiger partial charge in [0.1, 0.15) is 0 Å². The summed E-state index contributed by atoms with van der Waals surface area (Å²) >= 11 is 0. The normalized spacial score (nSPS) is 11.8. The van der Waals surface area contributed by atoms with E-state index in [0.29, 0.717) is 11.5 Å². The molecule has 22 heavy (non-hydrogen) atoms. The Labute approximate surface area is 129 Å². The van der Waals surface area contributed by atoms with Crippen LogP contribution >= 0.6 is 0 Å². The maximum absolute atomic E-state index is 11.8. The topological polar surface area (TPSA) is 87.1 Å². The minimum atomic E-state index is -0.563. The van der Waals surface area contributed by atoms with Gasteiger partial charge in [-0.25, -0.2) is 9.97 Å². The van der Waals surface area contributed by atoms with Gasteiger partial charge < -0.3 is 15.7 Å². The second kappa shape index (κ2) is 7.00. The molecule has 1 unspecified atom stereocenters. The highest BCUT2D eigenvalue weighted by molar-refractivity contribution is 5.94. The minimum absolute atomic E-state index is 0.213. The van der Waals surface area contributed by atoms with Gasteiger partial charge in [-0.2, -0.15) is 0 Å². The number of anilines is 2. The number of hydrogen-bond donors (Lipinski definition) is 3. The maximum atomic E-state index is 11.8. The molecular formula is C16H20N4O2. The van der Waals surface area contributed by atoms with Crippen LogP contribution in [0.25, 0.3) is 0 Å². The van der Waals surface area contributed by atoms with Gasteiger partial charge in [0, 0.05) is 29.2 Å².